The fourth-order valence-electron chi connectivity index (χ4n) is 1.62. The van der Waals surface area contributed by atoms with Crippen LogP contribution >= 0.6 is 0 Å². The maximum absolute atomic E-state index is 10.5. The van der Waals surface area contributed by atoms with Crippen LogP contribution in [-0.2, 0) is 24.2 Å². The van der Waals surface area contributed by atoms with Gasteiger partial charge in [-0.2, -0.15) is 0 Å². The minimum Gasteiger partial charge on any atom is -0.484 e. The van der Waals surface area contributed by atoms with Crippen molar-refractivity contribution in [3.8, 4) is 5.75 Å². The molecule has 2 aromatic rings. The molecule has 1 N–H and O–H groups in total. The molecule has 0 aliphatic carbocycles. The molecule has 1 heterocycles. The van der Waals surface area contributed by atoms with E-state index in [0.717, 1.165) is 17.7 Å². The largest absolute Gasteiger partial charge is 0.484 e. The van der Waals surface area contributed by atoms with E-state index in [4.69, 9.17) is 14.3 Å². The number of nitrogens with zero attached hydrogens (tertiary/aromatic N) is 2. The number of para-hydroxylation sites is 1. The van der Waals surface area contributed by atoms with E-state index in [1.165, 1.54) is 0 Å². The minimum atomic E-state index is -1.01. The Balaban J connectivity index is 1.98. The second-order valence-electron chi connectivity index (χ2n) is 3.91. The van der Waals surface area contributed by atoms with Crippen LogP contribution in [0.5, 0.6) is 5.75 Å². The SMILES string of the molecule is CCc1ccccc1OCc1nnc(CC(=O)O)o1. The van der Waals surface area contributed by atoms with E-state index in [1.54, 1.807) is 0 Å². The summed E-state index contributed by atoms with van der Waals surface area (Å²) >= 11 is 0. The van der Waals surface area contributed by atoms with Gasteiger partial charge < -0.3 is 14.3 Å². The van der Waals surface area contributed by atoms with E-state index < -0.39 is 5.97 Å². The van der Waals surface area contributed by atoms with Crippen LogP contribution in [-0.4, -0.2) is 21.3 Å². The van der Waals surface area contributed by atoms with Gasteiger partial charge in [-0.25, -0.2) is 0 Å². The van der Waals surface area contributed by atoms with Crippen LogP contribution < -0.4 is 4.74 Å². The maximum atomic E-state index is 10.5. The van der Waals surface area contributed by atoms with Crippen molar-refractivity contribution in [3.05, 3.63) is 41.6 Å². The van der Waals surface area contributed by atoms with Crippen molar-refractivity contribution >= 4 is 5.97 Å². The third-order valence-corrected chi connectivity index (χ3v) is 2.52. The summed E-state index contributed by atoms with van der Waals surface area (Å²) in [6, 6.07) is 7.69. The second kappa shape index (κ2) is 5.99. The number of carboxylic acids is 1. The fraction of sp³-hybridized carbons (Fsp3) is 0.308. The number of hydrogen-bond acceptors (Lipinski definition) is 5. The quantitative estimate of drug-likeness (QED) is 0.854. The summed E-state index contributed by atoms with van der Waals surface area (Å²) in [5.41, 5.74) is 1.09. The number of carboxylic acid groups (broad SMARTS) is 1. The molecule has 0 unspecified atom stereocenters. The summed E-state index contributed by atoms with van der Waals surface area (Å²) in [4.78, 5) is 10.5. The van der Waals surface area contributed by atoms with Gasteiger partial charge in [0.15, 0.2) is 6.61 Å². The molecule has 0 radical (unpaired) electrons. The van der Waals surface area contributed by atoms with Crippen molar-refractivity contribution in [3.63, 3.8) is 0 Å². The highest BCUT2D eigenvalue weighted by molar-refractivity contribution is 5.68. The first-order chi connectivity index (χ1) is 9.19. The first kappa shape index (κ1) is 13.1. The molecule has 0 saturated heterocycles. The molecule has 0 spiro atoms. The molecular formula is C13H14N2O4. The Morgan fingerprint density at radius 1 is 1.32 bits per heavy atom. The van der Waals surface area contributed by atoms with Gasteiger partial charge in [-0.05, 0) is 18.1 Å². The number of rotatable bonds is 6. The van der Waals surface area contributed by atoms with Gasteiger partial charge in [-0.3, -0.25) is 4.79 Å². The molecule has 0 aliphatic heterocycles. The van der Waals surface area contributed by atoms with Gasteiger partial charge >= 0.3 is 5.97 Å². The highest BCUT2D eigenvalue weighted by Gasteiger charge is 2.10. The normalized spacial score (nSPS) is 10.4. The lowest BCUT2D eigenvalue weighted by atomic mass is 10.1. The first-order valence-corrected chi connectivity index (χ1v) is 5.92. The molecule has 1 aromatic carbocycles. The molecule has 6 nitrogen and oxygen atoms in total. The number of hydrogen-bond donors (Lipinski definition) is 1. The molecule has 19 heavy (non-hydrogen) atoms. The number of aliphatic carboxylic acids is 1. The summed E-state index contributed by atoms with van der Waals surface area (Å²) in [5.74, 6) is 0.104. The first-order valence-electron chi connectivity index (χ1n) is 5.92. The molecule has 0 saturated carbocycles. The van der Waals surface area contributed by atoms with E-state index in [1.807, 2.05) is 31.2 Å². The summed E-state index contributed by atoms with van der Waals surface area (Å²) in [5, 5.41) is 16.0. The predicted molar refractivity (Wildman–Crippen MR) is 65.8 cm³/mol. The van der Waals surface area contributed by atoms with Gasteiger partial charge in [-0.15, -0.1) is 10.2 Å². The highest BCUT2D eigenvalue weighted by Crippen LogP contribution is 2.19. The van der Waals surface area contributed by atoms with Gasteiger partial charge in [0, 0.05) is 0 Å². The van der Waals surface area contributed by atoms with Gasteiger partial charge in [-0.1, -0.05) is 25.1 Å². The zero-order chi connectivity index (χ0) is 13.7. The molecule has 100 valence electrons. The Kier molecular flexibility index (Phi) is 4.12. The number of ether oxygens (including phenoxy) is 1. The standard InChI is InChI=1S/C13H14N2O4/c1-2-9-5-3-4-6-10(9)18-8-12-15-14-11(19-12)7-13(16)17/h3-6H,2,7-8H2,1H3,(H,16,17). The molecule has 6 heteroatoms. The van der Waals surface area contributed by atoms with E-state index >= 15 is 0 Å². The van der Waals surface area contributed by atoms with E-state index in [0.29, 0.717) is 0 Å². The van der Waals surface area contributed by atoms with Crippen molar-refractivity contribution in [2.45, 2.75) is 26.4 Å². The van der Waals surface area contributed by atoms with Crippen molar-refractivity contribution in [2.24, 2.45) is 0 Å². The third-order valence-electron chi connectivity index (χ3n) is 2.52. The Bertz CT molecular complexity index is 565. The minimum absolute atomic E-state index is 0.0786. The molecule has 0 bridgehead atoms. The Morgan fingerprint density at radius 3 is 2.79 bits per heavy atom. The molecule has 0 amide bonds. The molecule has 0 atom stereocenters. The lowest BCUT2D eigenvalue weighted by molar-refractivity contribution is -0.136. The summed E-state index contributed by atoms with van der Waals surface area (Å²) in [7, 11) is 0. The van der Waals surface area contributed by atoms with Gasteiger partial charge in [0.2, 0.25) is 5.89 Å². The van der Waals surface area contributed by atoms with Crippen LogP contribution in [0.25, 0.3) is 0 Å². The van der Waals surface area contributed by atoms with Crippen molar-refractivity contribution in [1.82, 2.24) is 10.2 Å². The molecule has 0 fully saturated rings. The predicted octanol–water partition coefficient (Wildman–Crippen LogP) is 1.84. The van der Waals surface area contributed by atoms with Gasteiger partial charge in [0.1, 0.15) is 12.2 Å². The molecular weight excluding hydrogens is 248 g/mol. The smallest absolute Gasteiger partial charge is 0.312 e. The van der Waals surface area contributed by atoms with Crippen LogP contribution in [0.4, 0.5) is 0 Å². The Hall–Kier alpha value is -2.37. The van der Waals surface area contributed by atoms with Crippen LogP contribution in [0.15, 0.2) is 28.7 Å². The number of carbonyl (C=O) groups is 1. The van der Waals surface area contributed by atoms with Crippen LogP contribution in [0.3, 0.4) is 0 Å². The molecule has 1 aromatic heterocycles. The van der Waals surface area contributed by atoms with E-state index in [9.17, 15) is 4.79 Å². The van der Waals surface area contributed by atoms with Gasteiger partial charge in [0.25, 0.3) is 5.89 Å². The summed E-state index contributed by atoms with van der Waals surface area (Å²) in [6.45, 7) is 2.17. The van der Waals surface area contributed by atoms with Crippen LogP contribution in [0, 0.1) is 0 Å². The number of benzene rings is 1. The molecule has 0 aliphatic rings. The van der Waals surface area contributed by atoms with Crippen LogP contribution in [0.2, 0.25) is 0 Å². The van der Waals surface area contributed by atoms with Crippen molar-refractivity contribution in [1.29, 1.82) is 0 Å². The van der Waals surface area contributed by atoms with Gasteiger partial charge in [0.05, 0.1) is 0 Å². The monoisotopic (exact) mass is 262 g/mol. The topological polar surface area (TPSA) is 85.5 Å². The Morgan fingerprint density at radius 2 is 2.05 bits per heavy atom. The van der Waals surface area contributed by atoms with Crippen molar-refractivity contribution < 1.29 is 19.1 Å². The average molecular weight is 262 g/mol. The Labute approximate surface area is 110 Å². The summed E-state index contributed by atoms with van der Waals surface area (Å²) < 4.78 is 10.8. The third kappa shape index (κ3) is 3.54. The zero-order valence-electron chi connectivity index (χ0n) is 10.5. The van der Waals surface area contributed by atoms with E-state index in [-0.39, 0.29) is 24.8 Å². The molecule has 2 rings (SSSR count). The van der Waals surface area contributed by atoms with Crippen LogP contribution in [0.1, 0.15) is 24.3 Å². The maximum Gasteiger partial charge on any atom is 0.312 e. The average Bonchev–Trinajstić information content (AvgIpc) is 2.83. The van der Waals surface area contributed by atoms with Crippen molar-refractivity contribution in [2.75, 3.05) is 0 Å². The summed E-state index contributed by atoms with van der Waals surface area (Å²) in [6.07, 6.45) is 0.586. The lowest BCUT2D eigenvalue weighted by Crippen LogP contribution is -2.00. The number of aromatic nitrogens is 2. The second-order valence-corrected chi connectivity index (χ2v) is 3.91. The highest BCUT2D eigenvalue weighted by atomic mass is 16.5. The fourth-order valence-corrected chi connectivity index (χ4v) is 1.62. The van der Waals surface area contributed by atoms with E-state index in [2.05, 4.69) is 10.2 Å². The zero-order valence-corrected chi connectivity index (χ0v) is 10.5. The lowest BCUT2D eigenvalue weighted by Gasteiger charge is -2.07. The number of aryl methyl sites for hydroxylation is 1.